The van der Waals surface area contributed by atoms with Crippen LogP contribution in [0, 0.1) is 0 Å². The number of carbonyl (C=O) groups is 1. The highest BCUT2D eigenvalue weighted by atomic mass is 35.5. The van der Waals surface area contributed by atoms with Gasteiger partial charge < -0.3 is 15.1 Å². The van der Waals surface area contributed by atoms with E-state index in [0.29, 0.717) is 16.5 Å². The minimum absolute atomic E-state index is 0.117. The zero-order valence-corrected chi connectivity index (χ0v) is 15.2. The first-order chi connectivity index (χ1) is 10.6. The summed E-state index contributed by atoms with van der Waals surface area (Å²) in [6.07, 6.45) is 1.03. The predicted molar refractivity (Wildman–Crippen MR) is 94.5 cm³/mol. The summed E-state index contributed by atoms with van der Waals surface area (Å²) in [6, 6.07) is 5.08. The van der Waals surface area contributed by atoms with Crippen molar-refractivity contribution in [3.05, 3.63) is 46.5 Å². The quantitative estimate of drug-likeness (QED) is 0.730. The van der Waals surface area contributed by atoms with Crippen LogP contribution in [0.25, 0.3) is 0 Å². The van der Waals surface area contributed by atoms with Gasteiger partial charge in [-0.3, -0.25) is 0 Å². The van der Waals surface area contributed by atoms with Crippen LogP contribution >= 0.6 is 23.2 Å². The van der Waals surface area contributed by atoms with Gasteiger partial charge in [0.2, 0.25) is 0 Å². The Balaban J connectivity index is 3.38. The van der Waals surface area contributed by atoms with Crippen molar-refractivity contribution in [3.63, 3.8) is 0 Å². The van der Waals surface area contributed by atoms with Crippen LogP contribution in [0.4, 0.5) is 4.79 Å². The normalized spacial score (nSPS) is 14.2. The van der Waals surface area contributed by atoms with Crippen molar-refractivity contribution in [2.75, 3.05) is 13.2 Å². The summed E-state index contributed by atoms with van der Waals surface area (Å²) >= 11 is 12.1. The van der Waals surface area contributed by atoms with E-state index in [9.17, 15) is 15.0 Å². The first-order valence-electron chi connectivity index (χ1n) is 7.25. The lowest BCUT2D eigenvalue weighted by molar-refractivity contribution is 0.0662. The molecule has 0 bridgehead atoms. The third-order valence-corrected chi connectivity index (χ3v) is 4.61. The predicted octanol–water partition coefficient (Wildman–Crippen LogP) is 4.58. The van der Waals surface area contributed by atoms with Gasteiger partial charge in [0, 0.05) is 17.5 Å². The maximum absolute atomic E-state index is 11.7. The van der Waals surface area contributed by atoms with Crippen LogP contribution in [-0.4, -0.2) is 39.9 Å². The molecule has 0 heterocycles. The molecule has 1 atom stereocenters. The summed E-state index contributed by atoms with van der Waals surface area (Å²) in [5, 5.41) is 20.4. The summed E-state index contributed by atoms with van der Waals surface area (Å²) < 4.78 is 0. The molecule has 0 aliphatic heterocycles. The van der Waals surface area contributed by atoms with Gasteiger partial charge in [0.25, 0.3) is 0 Å². The number of amides is 1. The Labute approximate surface area is 147 Å². The van der Waals surface area contributed by atoms with Crippen molar-refractivity contribution in [1.82, 2.24) is 4.90 Å². The van der Waals surface area contributed by atoms with Crippen molar-refractivity contribution < 1.29 is 15.0 Å². The van der Waals surface area contributed by atoms with Crippen LogP contribution in [0.1, 0.15) is 32.8 Å². The van der Waals surface area contributed by atoms with Gasteiger partial charge in [-0.25, -0.2) is 4.79 Å². The summed E-state index contributed by atoms with van der Waals surface area (Å²) in [4.78, 5) is 13.0. The monoisotopic (exact) mass is 359 g/mol. The lowest BCUT2D eigenvalue weighted by Crippen LogP contribution is -2.53. The fourth-order valence-corrected chi connectivity index (χ4v) is 2.77. The number of benzene rings is 1. The van der Waals surface area contributed by atoms with Gasteiger partial charge >= 0.3 is 6.09 Å². The number of aliphatic hydroxyl groups excluding tert-OH is 1. The first-order valence-corrected chi connectivity index (χ1v) is 8.01. The molecule has 2 N–H and O–H groups in total. The number of rotatable bonds is 6. The van der Waals surface area contributed by atoms with E-state index in [2.05, 4.69) is 6.58 Å². The Bertz CT molecular complexity index is 584. The van der Waals surface area contributed by atoms with Crippen molar-refractivity contribution >= 4 is 29.3 Å². The molecule has 0 saturated heterocycles. The second-order valence-corrected chi connectivity index (χ2v) is 7.41. The number of hydrogen-bond acceptors (Lipinski definition) is 2. The summed E-state index contributed by atoms with van der Waals surface area (Å²) in [6.45, 7) is 9.05. The lowest BCUT2D eigenvalue weighted by atomic mass is 9.77. The standard InChI is InChI=1S/C17H23Cl2NO3/c1-5-8-17(11-21,10-20(15(22)23)16(2,3)4)12-6-7-13(18)14(19)9-12/h5-7,9,21H,1,8,10-11H2,2-4H3,(H,22,23)/t17-/m0/s1. The third kappa shape index (κ3) is 4.63. The molecule has 1 amide bonds. The van der Waals surface area contributed by atoms with E-state index in [-0.39, 0.29) is 13.2 Å². The highest BCUT2D eigenvalue weighted by Crippen LogP contribution is 2.35. The average molecular weight is 360 g/mol. The molecule has 0 radical (unpaired) electrons. The van der Waals surface area contributed by atoms with Crippen LogP contribution in [0.15, 0.2) is 30.9 Å². The van der Waals surface area contributed by atoms with E-state index in [1.165, 1.54) is 4.90 Å². The molecule has 128 valence electrons. The smallest absolute Gasteiger partial charge is 0.407 e. The highest BCUT2D eigenvalue weighted by molar-refractivity contribution is 6.42. The van der Waals surface area contributed by atoms with Gasteiger partial charge in [-0.1, -0.05) is 35.3 Å². The molecule has 0 aliphatic rings. The van der Waals surface area contributed by atoms with Crippen LogP contribution in [0.2, 0.25) is 10.0 Å². The van der Waals surface area contributed by atoms with Gasteiger partial charge in [0.15, 0.2) is 0 Å². The van der Waals surface area contributed by atoms with E-state index in [0.717, 1.165) is 5.56 Å². The van der Waals surface area contributed by atoms with Gasteiger partial charge in [-0.2, -0.15) is 0 Å². The fraction of sp³-hybridized carbons (Fsp3) is 0.471. The summed E-state index contributed by atoms with van der Waals surface area (Å²) in [5.41, 5.74) is -0.713. The third-order valence-electron chi connectivity index (χ3n) is 3.87. The molecule has 0 aliphatic carbocycles. The molecule has 6 heteroatoms. The second kappa shape index (κ2) is 7.56. The zero-order chi connectivity index (χ0) is 17.8. The number of allylic oxidation sites excluding steroid dienone is 1. The second-order valence-electron chi connectivity index (χ2n) is 6.60. The maximum Gasteiger partial charge on any atom is 0.407 e. The molecule has 1 aromatic carbocycles. The van der Waals surface area contributed by atoms with Gasteiger partial charge in [-0.05, 0) is 44.9 Å². The molecule has 4 nitrogen and oxygen atoms in total. The number of carboxylic acid groups (broad SMARTS) is 1. The minimum atomic E-state index is -1.04. The van der Waals surface area contributed by atoms with E-state index in [1.807, 2.05) is 20.8 Å². The number of hydrogen-bond donors (Lipinski definition) is 2. The summed E-state index contributed by atoms with van der Waals surface area (Å²) in [7, 11) is 0. The average Bonchev–Trinajstić information content (AvgIpc) is 2.44. The molecule has 1 rings (SSSR count). The number of halogens is 2. The van der Waals surface area contributed by atoms with Crippen molar-refractivity contribution in [2.24, 2.45) is 0 Å². The molecule has 0 aromatic heterocycles. The Kier molecular flexibility index (Phi) is 6.51. The Morgan fingerprint density at radius 2 is 1.91 bits per heavy atom. The topological polar surface area (TPSA) is 60.8 Å². The molecule has 0 fully saturated rings. The molecule has 0 saturated carbocycles. The maximum atomic E-state index is 11.7. The van der Waals surface area contributed by atoms with Crippen molar-refractivity contribution in [3.8, 4) is 0 Å². The van der Waals surface area contributed by atoms with Crippen LogP contribution in [0.3, 0.4) is 0 Å². The van der Waals surface area contributed by atoms with Gasteiger partial charge in [0.1, 0.15) is 0 Å². The largest absolute Gasteiger partial charge is 0.465 e. The lowest BCUT2D eigenvalue weighted by Gasteiger charge is -2.41. The van der Waals surface area contributed by atoms with Gasteiger partial charge in [0.05, 0.1) is 16.7 Å². The van der Waals surface area contributed by atoms with Crippen molar-refractivity contribution in [1.29, 1.82) is 0 Å². The number of aliphatic hydroxyl groups is 1. The van der Waals surface area contributed by atoms with E-state index in [4.69, 9.17) is 23.2 Å². The van der Waals surface area contributed by atoms with Crippen molar-refractivity contribution in [2.45, 2.75) is 38.1 Å². The van der Waals surface area contributed by atoms with Crippen LogP contribution < -0.4 is 0 Å². The Morgan fingerprint density at radius 1 is 1.30 bits per heavy atom. The van der Waals surface area contributed by atoms with E-state index in [1.54, 1.807) is 24.3 Å². The van der Waals surface area contributed by atoms with Crippen LogP contribution in [-0.2, 0) is 5.41 Å². The minimum Gasteiger partial charge on any atom is -0.465 e. The van der Waals surface area contributed by atoms with Crippen LogP contribution in [0.5, 0.6) is 0 Å². The van der Waals surface area contributed by atoms with E-state index >= 15 is 0 Å². The molecule has 0 spiro atoms. The molecule has 0 unspecified atom stereocenters. The van der Waals surface area contributed by atoms with Gasteiger partial charge in [-0.15, -0.1) is 6.58 Å². The molecular weight excluding hydrogens is 337 g/mol. The fourth-order valence-electron chi connectivity index (χ4n) is 2.48. The molecule has 23 heavy (non-hydrogen) atoms. The zero-order valence-electron chi connectivity index (χ0n) is 13.6. The number of nitrogens with zero attached hydrogens (tertiary/aromatic N) is 1. The summed E-state index contributed by atoms with van der Waals surface area (Å²) in [5.74, 6) is 0. The Hall–Kier alpha value is -1.23. The molecule has 1 aromatic rings. The molecular formula is C17H23Cl2NO3. The Morgan fingerprint density at radius 3 is 2.30 bits per heavy atom. The van der Waals surface area contributed by atoms with E-state index < -0.39 is 17.0 Å². The SMILES string of the molecule is C=CC[C@@](CO)(CN(C(=O)O)C(C)(C)C)c1ccc(Cl)c(Cl)c1. The highest BCUT2D eigenvalue weighted by Gasteiger charge is 2.38. The first kappa shape index (κ1) is 19.8.